The fraction of sp³-hybridized carbons (Fsp3) is 0.538. The molecule has 1 aromatic rings. The van der Waals surface area contributed by atoms with Crippen LogP contribution in [0.2, 0.25) is 0 Å². The Morgan fingerprint density at radius 3 is 2.70 bits per heavy atom. The molecular weight excluding hydrogens is 300 g/mol. The Morgan fingerprint density at radius 2 is 2.15 bits per heavy atom. The van der Waals surface area contributed by atoms with Crippen molar-refractivity contribution in [3.8, 4) is 5.75 Å². The highest BCUT2D eigenvalue weighted by molar-refractivity contribution is 7.89. The van der Waals surface area contributed by atoms with Crippen LogP contribution in [0.25, 0.3) is 0 Å². The average Bonchev–Trinajstić information content (AvgIpc) is 2.39. The van der Waals surface area contributed by atoms with Gasteiger partial charge in [-0.1, -0.05) is 0 Å². The van der Waals surface area contributed by atoms with E-state index < -0.39 is 10.0 Å². The van der Waals surface area contributed by atoms with Crippen LogP contribution >= 0.6 is 12.4 Å². The quantitative estimate of drug-likeness (QED) is 0.881. The predicted molar refractivity (Wildman–Crippen MR) is 81.2 cm³/mol. The number of hydrogen-bond acceptors (Lipinski definition) is 4. The Bertz CT molecular complexity index is 543. The Kier molecular flexibility index (Phi) is 6.26. The molecule has 1 fully saturated rings. The SMILES string of the molecule is COc1ccc(S(=O)(=O)N[C@@H]2CCCNC2)cc1C.Cl. The van der Waals surface area contributed by atoms with E-state index in [0.717, 1.165) is 24.9 Å². The molecule has 0 spiro atoms. The van der Waals surface area contributed by atoms with Crippen molar-refractivity contribution in [2.75, 3.05) is 20.2 Å². The second-order valence-corrected chi connectivity index (χ2v) is 6.51. The number of benzene rings is 1. The maximum Gasteiger partial charge on any atom is 0.240 e. The normalized spacial score (nSPS) is 19.2. The van der Waals surface area contributed by atoms with Crippen molar-refractivity contribution in [2.45, 2.75) is 30.7 Å². The average molecular weight is 321 g/mol. The Labute approximate surface area is 126 Å². The molecule has 0 amide bonds. The Morgan fingerprint density at radius 1 is 1.40 bits per heavy atom. The standard InChI is InChI=1S/C13H20N2O3S.ClH/c1-10-8-12(5-6-13(10)18-2)19(16,17)15-11-4-3-7-14-9-11;/h5-6,8,11,14-15H,3-4,7,9H2,1-2H3;1H/t11-;/m1./s1. The van der Waals surface area contributed by atoms with Gasteiger partial charge >= 0.3 is 0 Å². The maximum absolute atomic E-state index is 12.3. The zero-order valence-corrected chi connectivity index (χ0v) is 13.3. The molecular formula is C13H21ClN2O3S. The second kappa shape index (κ2) is 7.26. The van der Waals surface area contributed by atoms with Crippen molar-refractivity contribution in [1.82, 2.24) is 10.0 Å². The predicted octanol–water partition coefficient (Wildman–Crippen LogP) is 1.46. The fourth-order valence-corrected chi connectivity index (χ4v) is 3.61. The molecule has 114 valence electrons. The van der Waals surface area contributed by atoms with Gasteiger partial charge in [0, 0.05) is 12.6 Å². The van der Waals surface area contributed by atoms with Crippen LogP contribution < -0.4 is 14.8 Å². The van der Waals surface area contributed by atoms with Gasteiger partial charge in [-0.05, 0) is 50.1 Å². The molecule has 0 aliphatic carbocycles. The van der Waals surface area contributed by atoms with E-state index in [1.54, 1.807) is 25.3 Å². The molecule has 0 saturated carbocycles. The van der Waals surface area contributed by atoms with Crippen molar-refractivity contribution >= 4 is 22.4 Å². The molecule has 2 rings (SSSR count). The number of piperidine rings is 1. The minimum absolute atomic E-state index is 0. The summed E-state index contributed by atoms with van der Waals surface area (Å²) in [6, 6.07) is 4.87. The van der Waals surface area contributed by atoms with Crippen molar-refractivity contribution < 1.29 is 13.2 Å². The van der Waals surface area contributed by atoms with E-state index in [0.29, 0.717) is 12.3 Å². The minimum Gasteiger partial charge on any atom is -0.496 e. The lowest BCUT2D eigenvalue weighted by molar-refractivity contribution is 0.411. The lowest BCUT2D eigenvalue weighted by atomic mass is 10.1. The molecule has 1 aliphatic rings. The first-order valence-corrected chi connectivity index (χ1v) is 7.89. The van der Waals surface area contributed by atoms with E-state index in [-0.39, 0.29) is 23.3 Å². The highest BCUT2D eigenvalue weighted by Crippen LogP contribution is 2.21. The van der Waals surface area contributed by atoms with Crippen molar-refractivity contribution in [1.29, 1.82) is 0 Å². The summed E-state index contributed by atoms with van der Waals surface area (Å²) in [4.78, 5) is 0.288. The van der Waals surface area contributed by atoms with Gasteiger partial charge in [0.05, 0.1) is 12.0 Å². The minimum atomic E-state index is -3.45. The van der Waals surface area contributed by atoms with E-state index >= 15 is 0 Å². The molecule has 0 radical (unpaired) electrons. The number of rotatable bonds is 4. The van der Waals surface area contributed by atoms with E-state index in [2.05, 4.69) is 10.0 Å². The van der Waals surface area contributed by atoms with Gasteiger partial charge < -0.3 is 10.1 Å². The van der Waals surface area contributed by atoms with E-state index in [4.69, 9.17) is 4.74 Å². The third-order valence-electron chi connectivity index (χ3n) is 3.30. The van der Waals surface area contributed by atoms with Crippen molar-refractivity contribution in [2.24, 2.45) is 0 Å². The van der Waals surface area contributed by atoms with Crippen LogP contribution in [-0.2, 0) is 10.0 Å². The first kappa shape index (κ1) is 17.2. The summed E-state index contributed by atoms with van der Waals surface area (Å²) >= 11 is 0. The summed E-state index contributed by atoms with van der Waals surface area (Å²) < 4.78 is 32.4. The smallest absolute Gasteiger partial charge is 0.240 e. The molecule has 1 aromatic carbocycles. The molecule has 1 aliphatic heterocycles. The molecule has 1 heterocycles. The van der Waals surface area contributed by atoms with Crippen LogP contribution in [0, 0.1) is 6.92 Å². The highest BCUT2D eigenvalue weighted by Gasteiger charge is 2.22. The summed E-state index contributed by atoms with van der Waals surface area (Å²) in [6.45, 7) is 3.48. The second-order valence-electron chi connectivity index (χ2n) is 4.80. The number of ether oxygens (including phenoxy) is 1. The van der Waals surface area contributed by atoms with Crippen LogP contribution in [0.1, 0.15) is 18.4 Å². The highest BCUT2D eigenvalue weighted by atomic mass is 35.5. The third-order valence-corrected chi connectivity index (χ3v) is 4.81. The van der Waals surface area contributed by atoms with Gasteiger partial charge in [0.25, 0.3) is 0 Å². The molecule has 1 atom stereocenters. The summed E-state index contributed by atoms with van der Waals surface area (Å²) in [7, 11) is -1.88. The van der Waals surface area contributed by atoms with Crippen LogP contribution in [0.5, 0.6) is 5.75 Å². The van der Waals surface area contributed by atoms with Gasteiger partial charge in [-0.25, -0.2) is 13.1 Å². The number of halogens is 1. The maximum atomic E-state index is 12.3. The van der Waals surface area contributed by atoms with Gasteiger partial charge in [-0.3, -0.25) is 0 Å². The third kappa shape index (κ3) is 4.09. The fourth-order valence-electron chi connectivity index (χ4n) is 2.26. The van der Waals surface area contributed by atoms with Crippen molar-refractivity contribution in [3.05, 3.63) is 23.8 Å². The Balaban J connectivity index is 0.00000200. The van der Waals surface area contributed by atoms with Gasteiger partial charge in [-0.15, -0.1) is 12.4 Å². The number of methoxy groups -OCH3 is 1. The summed E-state index contributed by atoms with van der Waals surface area (Å²) in [5.74, 6) is 0.693. The summed E-state index contributed by atoms with van der Waals surface area (Å²) in [5, 5.41) is 3.19. The van der Waals surface area contributed by atoms with Gasteiger partial charge in [-0.2, -0.15) is 0 Å². The van der Waals surface area contributed by atoms with Crippen molar-refractivity contribution in [3.63, 3.8) is 0 Å². The molecule has 1 saturated heterocycles. The lowest BCUT2D eigenvalue weighted by Crippen LogP contribution is -2.45. The molecule has 2 N–H and O–H groups in total. The molecule has 0 bridgehead atoms. The number of nitrogens with one attached hydrogen (secondary N) is 2. The monoisotopic (exact) mass is 320 g/mol. The zero-order chi connectivity index (χ0) is 13.9. The van der Waals surface area contributed by atoms with Crippen LogP contribution in [-0.4, -0.2) is 34.7 Å². The molecule has 7 heteroatoms. The van der Waals surface area contributed by atoms with Gasteiger partial charge in [0.15, 0.2) is 0 Å². The molecule has 5 nitrogen and oxygen atoms in total. The van der Waals surface area contributed by atoms with E-state index in [9.17, 15) is 8.42 Å². The van der Waals surface area contributed by atoms with Crippen LogP contribution in [0.15, 0.2) is 23.1 Å². The number of aryl methyl sites for hydroxylation is 1. The zero-order valence-electron chi connectivity index (χ0n) is 11.7. The largest absolute Gasteiger partial charge is 0.496 e. The van der Waals surface area contributed by atoms with E-state index in [1.807, 2.05) is 6.92 Å². The Hall–Kier alpha value is -0.820. The van der Waals surface area contributed by atoms with E-state index in [1.165, 1.54) is 0 Å². The summed E-state index contributed by atoms with van der Waals surface area (Å²) in [6.07, 6.45) is 1.87. The number of hydrogen-bond donors (Lipinski definition) is 2. The topological polar surface area (TPSA) is 67.4 Å². The van der Waals surface area contributed by atoms with Crippen LogP contribution in [0.3, 0.4) is 0 Å². The lowest BCUT2D eigenvalue weighted by Gasteiger charge is -2.23. The number of sulfonamides is 1. The first-order valence-electron chi connectivity index (χ1n) is 6.40. The molecule has 0 aromatic heterocycles. The van der Waals surface area contributed by atoms with Crippen LogP contribution in [0.4, 0.5) is 0 Å². The van der Waals surface area contributed by atoms with Gasteiger partial charge in [0.1, 0.15) is 5.75 Å². The van der Waals surface area contributed by atoms with Gasteiger partial charge in [0.2, 0.25) is 10.0 Å². The molecule has 0 unspecified atom stereocenters. The first-order chi connectivity index (χ1) is 9.03. The summed E-state index contributed by atoms with van der Waals surface area (Å²) in [5.41, 5.74) is 0.812. The molecule has 20 heavy (non-hydrogen) atoms.